The fraction of sp³-hybridized carbons (Fsp3) is 0.545. The number of hydrogen-bond acceptors (Lipinski definition) is 7. The largest absolute Gasteiger partial charge is 0.478 e. The first kappa shape index (κ1) is 14.2. The first-order valence-corrected chi connectivity index (χ1v) is 5.54. The van der Waals surface area contributed by atoms with E-state index in [1.807, 2.05) is 6.92 Å². The average Bonchev–Trinajstić information content (AvgIpc) is 2.34. The van der Waals surface area contributed by atoms with Gasteiger partial charge >= 0.3 is 5.97 Å². The van der Waals surface area contributed by atoms with Crippen molar-refractivity contribution in [3.05, 3.63) is 11.8 Å². The number of carbonyl (C=O) groups is 1. The highest BCUT2D eigenvalue weighted by molar-refractivity contribution is 5.78. The lowest BCUT2D eigenvalue weighted by Gasteiger charge is -2.14. The van der Waals surface area contributed by atoms with Crippen LogP contribution in [0.1, 0.15) is 12.6 Å². The lowest BCUT2D eigenvalue weighted by Crippen LogP contribution is -2.34. The third-order valence-electron chi connectivity index (χ3n) is 2.09. The first-order valence-electron chi connectivity index (χ1n) is 5.54. The van der Waals surface area contributed by atoms with Crippen LogP contribution in [0.3, 0.4) is 0 Å². The van der Waals surface area contributed by atoms with E-state index in [1.165, 1.54) is 7.11 Å². The molecule has 0 spiro atoms. The second-order valence-corrected chi connectivity index (χ2v) is 3.51. The van der Waals surface area contributed by atoms with Crippen molar-refractivity contribution in [1.29, 1.82) is 0 Å². The molecule has 0 aliphatic carbocycles. The highest BCUT2D eigenvalue weighted by Crippen LogP contribution is 2.12. The van der Waals surface area contributed by atoms with Crippen LogP contribution in [0, 0.1) is 6.92 Å². The molecular formula is C11H17N3O4. The van der Waals surface area contributed by atoms with Gasteiger partial charge in [-0.25, -0.2) is 9.78 Å². The number of aromatic nitrogens is 2. The molecule has 100 valence electrons. The zero-order chi connectivity index (χ0) is 13.5. The predicted octanol–water partition coefficient (Wildman–Crippen LogP) is 0.130. The molecule has 0 aliphatic rings. The minimum atomic E-state index is -0.897. The fourth-order valence-corrected chi connectivity index (χ4v) is 1.30. The fourth-order valence-electron chi connectivity index (χ4n) is 1.30. The second-order valence-electron chi connectivity index (χ2n) is 3.51. The van der Waals surface area contributed by atoms with Crippen molar-refractivity contribution in [1.82, 2.24) is 9.97 Å². The molecule has 7 nitrogen and oxygen atoms in total. The van der Waals surface area contributed by atoms with Crippen LogP contribution >= 0.6 is 0 Å². The third kappa shape index (κ3) is 3.85. The highest BCUT2D eigenvalue weighted by atomic mass is 16.5. The number of ether oxygens (including phenoxy) is 2. The Bertz CT molecular complexity index is 411. The molecule has 2 N–H and O–H groups in total. The van der Waals surface area contributed by atoms with Crippen molar-refractivity contribution in [3.63, 3.8) is 0 Å². The summed E-state index contributed by atoms with van der Waals surface area (Å²) in [6.07, 6.45) is 0. The molecule has 1 heterocycles. The number of nitrogens with one attached hydrogen (secondary N) is 1. The van der Waals surface area contributed by atoms with E-state index < -0.39 is 18.6 Å². The van der Waals surface area contributed by atoms with Crippen molar-refractivity contribution in [2.75, 3.05) is 25.6 Å². The minimum Gasteiger partial charge on any atom is -0.478 e. The standard InChI is InChI=1S/C11H17N3O4/c1-4-18-9-5-7(2)12-11(14-9)13-8(6-15)10(16)17-3/h5,8,15H,4,6H2,1-3H3,(H,12,13,14). The van der Waals surface area contributed by atoms with Crippen LogP contribution in [0.5, 0.6) is 5.88 Å². The Morgan fingerprint density at radius 3 is 2.83 bits per heavy atom. The van der Waals surface area contributed by atoms with Crippen LogP contribution < -0.4 is 10.1 Å². The molecule has 1 aromatic rings. The molecule has 0 fully saturated rings. The van der Waals surface area contributed by atoms with Crippen LogP contribution in [0.15, 0.2) is 6.07 Å². The van der Waals surface area contributed by atoms with Crippen LogP contribution in [0.2, 0.25) is 0 Å². The Morgan fingerprint density at radius 2 is 2.28 bits per heavy atom. The van der Waals surface area contributed by atoms with E-state index in [0.717, 1.165) is 0 Å². The van der Waals surface area contributed by atoms with E-state index in [4.69, 9.17) is 9.84 Å². The van der Waals surface area contributed by atoms with E-state index in [9.17, 15) is 4.79 Å². The summed E-state index contributed by atoms with van der Waals surface area (Å²) in [5.41, 5.74) is 0.692. The number of hydrogen-bond donors (Lipinski definition) is 2. The van der Waals surface area contributed by atoms with Crippen molar-refractivity contribution in [2.24, 2.45) is 0 Å². The van der Waals surface area contributed by atoms with E-state index in [1.54, 1.807) is 13.0 Å². The topological polar surface area (TPSA) is 93.6 Å². The van der Waals surface area contributed by atoms with Crippen LogP contribution in [-0.4, -0.2) is 47.4 Å². The number of methoxy groups -OCH3 is 1. The van der Waals surface area contributed by atoms with Gasteiger partial charge in [-0.3, -0.25) is 0 Å². The molecule has 1 unspecified atom stereocenters. The number of esters is 1. The van der Waals surface area contributed by atoms with Gasteiger partial charge in [-0.2, -0.15) is 4.98 Å². The summed E-state index contributed by atoms with van der Waals surface area (Å²) in [4.78, 5) is 19.5. The van der Waals surface area contributed by atoms with Gasteiger partial charge in [0, 0.05) is 11.8 Å². The molecule has 0 saturated carbocycles. The maximum Gasteiger partial charge on any atom is 0.330 e. The maximum atomic E-state index is 11.3. The van der Waals surface area contributed by atoms with Crippen molar-refractivity contribution in [2.45, 2.75) is 19.9 Å². The highest BCUT2D eigenvalue weighted by Gasteiger charge is 2.19. The van der Waals surface area contributed by atoms with Gasteiger partial charge < -0.3 is 19.9 Å². The summed E-state index contributed by atoms with van der Waals surface area (Å²) in [6, 6.07) is 0.784. The van der Waals surface area contributed by atoms with Gasteiger partial charge in [0.1, 0.15) is 0 Å². The molecule has 1 atom stereocenters. The smallest absolute Gasteiger partial charge is 0.330 e. The number of nitrogens with zero attached hydrogens (tertiary/aromatic N) is 2. The molecule has 0 aromatic carbocycles. The molecule has 18 heavy (non-hydrogen) atoms. The lowest BCUT2D eigenvalue weighted by molar-refractivity contribution is -0.142. The third-order valence-corrected chi connectivity index (χ3v) is 2.09. The molecular weight excluding hydrogens is 238 g/mol. The monoisotopic (exact) mass is 255 g/mol. The van der Waals surface area contributed by atoms with E-state index >= 15 is 0 Å². The van der Waals surface area contributed by atoms with Crippen molar-refractivity contribution < 1.29 is 19.4 Å². The molecule has 0 radical (unpaired) electrons. The normalized spacial score (nSPS) is 11.8. The minimum absolute atomic E-state index is 0.211. The molecule has 1 aromatic heterocycles. The summed E-state index contributed by atoms with van der Waals surface area (Å²) < 4.78 is 9.79. The van der Waals surface area contributed by atoms with Crippen LogP contribution in [0.4, 0.5) is 5.95 Å². The van der Waals surface area contributed by atoms with Crippen LogP contribution in [0.25, 0.3) is 0 Å². The number of rotatable bonds is 6. The van der Waals surface area contributed by atoms with Gasteiger partial charge in [-0.15, -0.1) is 0 Å². The SMILES string of the molecule is CCOc1cc(C)nc(NC(CO)C(=O)OC)n1. The van der Waals surface area contributed by atoms with Gasteiger partial charge in [0.25, 0.3) is 0 Å². The summed E-state index contributed by atoms with van der Waals surface area (Å²) in [6.45, 7) is 3.70. The first-order chi connectivity index (χ1) is 8.60. The van der Waals surface area contributed by atoms with Gasteiger partial charge in [-0.05, 0) is 13.8 Å². The molecule has 7 heteroatoms. The quantitative estimate of drug-likeness (QED) is 0.698. The zero-order valence-corrected chi connectivity index (χ0v) is 10.6. The van der Waals surface area contributed by atoms with Crippen molar-refractivity contribution >= 4 is 11.9 Å². The Morgan fingerprint density at radius 1 is 1.56 bits per heavy atom. The Hall–Kier alpha value is -1.89. The summed E-state index contributed by atoms with van der Waals surface area (Å²) >= 11 is 0. The van der Waals surface area contributed by atoms with E-state index in [0.29, 0.717) is 18.2 Å². The van der Waals surface area contributed by atoms with Gasteiger partial charge in [0.2, 0.25) is 11.8 Å². The average molecular weight is 255 g/mol. The number of carbonyl (C=O) groups excluding carboxylic acids is 1. The lowest BCUT2D eigenvalue weighted by atomic mass is 10.3. The zero-order valence-electron chi connectivity index (χ0n) is 10.6. The number of aliphatic hydroxyl groups is 1. The van der Waals surface area contributed by atoms with Gasteiger partial charge in [-0.1, -0.05) is 0 Å². The summed E-state index contributed by atoms with van der Waals surface area (Å²) in [7, 11) is 1.25. The van der Waals surface area contributed by atoms with E-state index in [-0.39, 0.29) is 5.95 Å². The van der Waals surface area contributed by atoms with E-state index in [2.05, 4.69) is 20.0 Å². The molecule has 0 aliphatic heterocycles. The number of aryl methyl sites for hydroxylation is 1. The Kier molecular flexibility index (Phi) is 5.31. The second kappa shape index (κ2) is 6.75. The number of aliphatic hydroxyl groups excluding tert-OH is 1. The Labute approximate surface area is 105 Å². The molecule has 0 saturated heterocycles. The molecule has 1 rings (SSSR count). The number of anilines is 1. The summed E-state index contributed by atoms with van der Waals surface area (Å²) in [5, 5.41) is 11.8. The molecule has 0 bridgehead atoms. The predicted molar refractivity (Wildman–Crippen MR) is 64.5 cm³/mol. The van der Waals surface area contributed by atoms with Gasteiger partial charge in [0.05, 0.1) is 20.3 Å². The molecule has 0 amide bonds. The Balaban J connectivity index is 2.85. The summed E-state index contributed by atoms with van der Waals surface area (Å²) in [5.74, 6) is 0.0394. The maximum absolute atomic E-state index is 11.3. The van der Waals surface area contributed by atoms with Gasteiger partial charge in [0.15, 0.2) is 6.04 Å². The van der Waals surface area contributed by atoms with Crippen LogP contribution in [-0.2, 0) is 9.53 Å². The van der Waals surface area contributed by atoms with Crippen molar-refractivity contribution in [3.8, 4) is 5.88 Å².